The number of carbonyl (C=O) groups excluding carboxylic acids is 2. The molecule has 1 amide bonds. The third kappa shape index (κ3) is 5.73. The fourth-order valence-electron chi connectivity index (χ4n) is 1.71. The number of ether oxygens (including phenoxy) is 2. The number of carbonyl (C=O) groups is 2. The minimum Gasteiger partial charge on any atom is -0.469 e. The van der Waals surface area contributed by atoms with Gasteiger partial charge in [0.25, 0.3) is 0 Å². The highest BCUT2D eigenvalue weighted by atomic mass is 32.2. The van der Waals surface area contributed by atoms with Gasteiger partial charge in [-0.15, -0.1) is 0 Å². The number of thioether (sulfide) groups is 1. The SMILES string of the molecule is COC(=O)C(C)CSCC(=O)NC1CCOCC1. The lowest BCUT2D eigenvalue weighted by Crippen LogP contribution is -2.39. The third-order valence-corrected chi connectivity index (χ3v) is 3.99. The summed E-state index contributed by atoms with van der Waals surface area (Å²) in [6.07, 6.45) is 1.77. The van der Waals surface area contributed by atoms with Gasteiger partial charge in [0.1, 0.15) is 0 Å². The Balaban J connectivity index is 2.11. The average Bonchev–Trinajstić information content (AvgIpc) is 2.38. The Bertz CT molecular complexity index is 279. The van der Waals surface area contributed by atoms with Gasteiger partial charge in [0.05, 0.1) is 18.8 Å². The highest BCUT2D eigenvalue weighted by molar-refractivity contribution is 7.99. The molecule has 1 atom stereocenters. The summed E-state index contributed by atoms with van der Waals surface area (Å²) in [6.45, 7) is 3.24. The summed E-state index contributed by atoms with van der Waals surface area (Å²) < 4.78 is 9.85. The number of methoxy groups -OCH3 is 1. The van der Waals surface area contributed by atoms with Crippen LogP contribution in [0.2, 0.25) is 0 Å². The van der Waals surface area contributed by atoms with Gasteiger partial charge in [-0.25, -0.2) is 0 Å². The van der Waals surface area contributed by atoms with Crippen LogP contribution in [0.4, 0.5) is 0 Å². The lowest BCUT2D eigenvalue weighted by Gasteiger charge is -2.23. The van der Waals surface area contributed by atoms with Crippen molar-refractivity contribution in [2.75, 3.05) is 31.8 Å². The number of amides is 1. The number of rotatable bonds is 6. The van der Waals surface area contributed by atoms with Gasteiger partial charge in [-0.3, -0.25) is 9.59 Å². The molecule has 0 aliphatic carbocycles. The Labute approximate surface area is 112 Å². The molecule has 104 valence electrons. The second kappa shape index (κ2) is 8.37. The van der Waals surface area contributed by atoms with Crippen LogP contribution in [0.15, 0.2) is 0 Å². The minimum absolute atomic E-state index is 0.0314. The van der Waals surface area contributed by atoms with E-state index in [2.05, 4.69) is 10.1 Å². The van der Waals surface area contributed by atoms with E-state index in [1.807, 2.05) is 0 Å². The maximum atomic E-state index is 11.6. The summed E-state index contributed by atoms with van der Waals surface area (Å²) in [7, 11) is 1.38. The number of nitrogens with one attached hydrogen (secondary N) is 1. The summed E-state index contributed by atoms with van der Waals surface area (Å²) >= 11 is 1.46. The van der Waals surface area contributed by atoms with Gasteiger partial charge in [0, 0.05) is 25.0 Å². The summed E-state index contributed by atoms with van der Waals surface area (Å²) in [5.74, 6) is 0.624. The molecule has 0 bridgehead atoms. The molecule has 18 heavy (non-hydrogen) atoms. The average molecular weight is 275 g/mol. The first-order valence-electron chi connectivity index (χ1n) is 6.16. The molecule has 0 aromatic rings. The smallest absolute Gasteiger partial charge is 0.309 e. The van der Waals surface area contributed by atoms with Crippen molar-refractivity contribution in [1.29, 1.82) is 0 Å². The van der Waals surface area contributed by atoms with E-state index in [0.717, 1.165) is 26.1 Å². The zero-order chi connectivity index (χ0) is 13.4. The van der Waals surface area contributed by atoms with E-state index in [0.29, 0.717) is 11.5 Å². The van der Waals surface area contributed by atoms with Crippen molar-refractivity contribution < 1.29 is 19.1 Å². The first-order chi connectivity index (χ1) is 8.63. The minimum atomic E-state index is -0.229. The lowest BCUT2D eigenvalue weighted by atomic mass is 10.1. The molecule has 1 saturated heterocycles. The molecule has 1 aliphatic rings. The van der Waals surface area contributed by atoms with Gasteiger partial charge in [0.2, 0.25) is 5.91 Å². The van der Waals surface area contributed by atoms with Crippen LogP contribution in [0.1, 0.15) is 19.8 Å². The van der Waals surface area contributed by atoms with Gasteiger partial charge >= 0.3 is 5.97 Å². The van der Waals surface area contributed by atoms with E-state index >= 15 is 0 Å². The van der Waals surface area contributed by atoms with Crippen molar-refractivity contribution >= 4 is 23.6 Å². The normalized spacial score (nSPS) is 18.1. The largest absolute Gasteiger partial charge is 0.469 e. The molecule has 0 saturated carbocycles. The Morgan fingerprint density at radius 3 is 2.72 bits per heavy atom. The van der Waals surface area contributed by atoms with Gasteiger partial charge in [0.15, 0.2) is 0 Å². The fourth-order valence-corrected chi connectivity index (χ4v) is 2.59. The van der Waals surface area contributed by atoms with E-state index in [1.165, 1.54) is 18.9 Å². The molecular weight excluding hydrogens is 254 g/mol. The van der Waals surface area contributed by atoms with Crippen LogP contribution in [-0.4, -0.2) is 49.7 Å². The quantitative estimate of drug-likeness (QED) is 0.727. The number of hydrogen-bond donors (Lipinski definition) is 1. The van der Waals surface area contributed by atoms with Crippen molar-refractivity contribution in [2.45, 2.75) is 25.8 Å². The Kier molecular flexibility index (Phi) is 7.12. The molecule has 0 spiro atoms. The van der Waals surface area contributed by atoms with Crippen LogP contribution in [0.25, 0.3) is 0 Å². The van der Waals surface area contributed by atoms with Crippen molar-refractivity contribution in [1.82, 2.24) is 5.32 Å². The Hall–Kier alpha value is -0.750. The maximum absolute atomic E-state index is 11.6. The summed E-state index contributed by atoms with van der Waals surface area (Å²) in [6, 6.07) is 0.241. The molecular formula is C12H21NO4S. The third-order valence-electron chi connectivity index (χ3n) is 2.79. The van der Waals surface area contributed by atoms with Crippen LogP contribution in [0.3, 0.4) is 0 Å². The van der Waals surface area contributed by atoms with Crippen molar-refractivity contribution in [3.05, 3.63) is 0 Å². The van der Waals surface area contributed by atoms with Crippen molar-refractivity contribution in [3.63, 3.8) is 0 Å². The van der Waals surface area contributed by atoms with Crippen molar-refractivity contribution in [3.8, 4) is 0 Å². The standard InChI is InChI=1S/C12H21NO4S/c1-9(12(15)16-2)7-18-8-11(14)13-10-3-5-17-6-4-10/h9-10H,3-8H2,1-2H3,(H,13,14). The molecule has 1 aliphatic heterocycles. The van der Waals surface area contributed by atoms with E-state index in [-0.39, 0.29) is 23.8 Å². The second-order valence-electron chi connectivity index (χ2n) is 4.39. The molecule has 0 radical (unpaired) electrons. The molecule has 1 N–H and O–H groups in total. The van der Waals surface area contributed by atoms with Crippen LogP contribution in [-0.2, 0) is 19.1 Å². The number of esters is 1. The number of hydrogen-bond acceptors (Lipinski definition) is 5. The summed E-state index contributed by atoms with van der Waals surface area (Å²) in [5, 5.41) is 2.98. The molecule has 1 fully saturated rings. The lowest BCUT2D eigenvalue weighted by molar-refractivity contribution is -0.144. The monoisotopic (exact) mass is 275 g/mol. The van der Waals surface area contributed by atoms with Gasteiger partial charge in [-0.05, 0) is 12.8 Å². The van der Waals surface area contributed by atoms with E-state index < -0.39 is 0 Å². The van der Waals surface area contributed by atoms with Crippen LogP contribution < -0.4 is 5.32 Å². The highest BCUT2D eigenvalue weighted by Crippen LogP contribution is 2.10. The molecule has 1 rings (SSSR count). The summed E-state index contributed by atoms with van der Waals surface area (Å²) in [4.78, 5) is 22.8. The van der Waals surface area contributed by atoms with Gasteiger partial charge < -0.3 is 14.8 Å². The van der Waals surface area contributed by atoms with Crippen LogP contribution >= 0.6 is 11.8 Å². The van der Waals surface area contributed by atoms with Crippen molar-refractivity contribution in [2.24, 2.45) is 5.92 Å². The molecule has 0 aromatic heterocycles. The topological polar surface area (TPSA) is 64.6 Å². The summed E-state index contributed by atoms with van der Waals surface area (Å²) in [5.41, 5.74) is 0. The second-order valence-corrected chi connectivity index (χ2v) is 5.42. The molecule has 6 heteroatoms. The first-order valence-corrected chi connectivity index (χ1v) is 7.31. The van der Waals surface area contributed by atoms with Gasteiger partial charge in [-0.2, -0.15) is 11.8 Å². The van der Waals surface area contributed by atoms with Crippen LogP contribution in [0, 0.1) is 5.92 Å². The van der Waals surface area contributed by atoms with E-state index in [1.54, 1.807) is 6.92 Å². The molecule has 5 nitrogen and oxygen atoms in total. The van der Waals surface area contributed by atoms with E-state index in [9.17, 15) is 9.59 Å². The van der Waals surface area contributed by atoms with Gasteiger partial charge in [-0.1, -0.05) is 6.92 Å². The first kappa shape index (κ1) is 15.3. The molecule has 1 unspecified atom stereocenters. The zero-order valence-electron chi connectivity index (χ0n) is 10.9. The van der Waals surface area contributed by atoms with Crippen LogP contribution in [0.5, 0.6) is 0 Å². The predicted octanol–water partition coefficient (Wildman–Crippen LogP) is 0.824. The predicted molar refractivity (Wildman–Crippen MR) is 70.5 cm³/mol. The fraction of sp³-hybridized carbons (Fsp3) is 0.833. The highest BCUT2D eigenvalue weighted by Gasteiger charge is 2.17. The molecule has 0 aromatic carbocycles. The Morgan fingerprint density at radius 1 is 1.44 bits per heavy atom. The van der Waals surface area contributed by atoms with E-state index in [4.69, 9.17) is 4.74 Å². The Morgan fingerprint density at radius 2 is 2.11 bits per heavy atom. The molecule has 1 heterocycles. The maximum Gasteiger partial charge on any atom is 0.309 e. The zero-order valence-corrected chi connectivity index (χ0v) is 11.8.